The summed E-state index contributed by atoms with van der Waals surface area (Å²) in [5, 5.41) is 0. The van der Waals surface area contributed by atoms with Crippen LogP contribution in [0.4, 0.5) is 0 Å². The molecule has 0 fully saturated rings. The Morgan fingerprint density at radius 3 is 2.47 bits per heavy atom. The molecule has 3 nitrogen and oxygen atoms in total. The molecule has 0 bridgehead atoms. The Labute approximate surface area is 104 Å². The van der Waals surface area contributed by atoms with Crippen LogP contribution in [-0.4, -0.2) is 29.9 Å². The summed E-state index contributed by atoms with van der Waals surface area (Å²) >= 11 is 0. The van der Waals surface area contributed by atoms with Crippen LogP contribution in [0.5, 0.6) is 0 Å². The SMILES string of the molecule is CCCN(CC)C(=O)C(N)Cc1ccccc1. The molecule has 3 heteroatoms. The molecule has 1 rings (SSSR count). The maximum absolute atomic E-state index is 12.1. The number of likely N-dealkylation sites (N-methyl/N-ethyl adjacent to an activating group) is 1. The van der Waals surface area contributed by atoms with Gasteiger partial charge >= 0.3 is 0 Å². The third-order valence-corrected chi connectivity index (χ3v) is 2.80. The first-order valence-corrected chi connectivity index (χ1v) is 6.27. The number of rotatable bonds is 6. The molecule has 0 aliphatic heterocycles. The highest BCUT2D eigenvalue weighted by atomic mass is 16.2. The Hall–Kier alpha value is -1.35. The molecule has 2 N–H and O–H groups in total. The van der Waals surface area contributed by atoms with Gasteiger partial charge < -0.3 is 10.6 Å². The Morgan fingerprint density at radius 1 is 1.29 bits per heavy atom. The maximum Gasteiger partial charge on any atom is 0.239 e. The van der Waals surface area contributed by atoms with Gasteiger partial charge in [-0.2, -0.15) is 0 Å². The number of amides is 1. The molecule has 0 aromatic heterocycles. The van der Waals surface area contributed by atoms with Gasteiger partial charge in [0.05, 0.1) is 6.04 Å². The van der Waals surface area contributed by atoms with E-state index in [2.05, 4.69) is 6.92 Å². The molecule has 94 valence electrons. The smallest absolute Gasteiger partial charge is 0.239 e. The largest absolute Gasteiger partial charge is 0.342 e. The first kappa shape index (κ1) is 13.7. The fourth-order valence-electron chi connectivity index (χ4n) is 1.88. The maximum atomic E-state index is 12.1. The van der Waals surface area contributed by atoms with Crippen molar-refractivity contribution in [1.29, 1.82) is 0 Å². The summed E-state index contributed by atoms with van der Waals surface area (Å²) in [5.74, 6) is 0.0539. The average molecular weight is 234 g/mol. The third kappa shape index (κ3) is 4.19. The zero-order valence-corrected chi connectivity index (χ0v) is 10.7. The minimum atomic E-state index is -0.427. The quantitative estimate of drug-likeness (QED) is 0.816. The van der Waals surface area contributed by atoms with Gasteiger partial charge in [-0.3, -0.25) is 4.79 Å². The number of nitrogens with two attached hydrogens (primary N) is 1. The minimum absolute atomic E-state index is 0.0539. The van der Waals surface area contributed by atoms with E-state index in [-0.39, 0.29) is 5.91 Å². The lowest BCUT2D eigenvalue weighted by Crippen LogP contribution is -2.45. The number of benzene rings is 1. The second-order valence-electron chi connectivity index (χ2n) is 4.21. The number of hydrogen-bond donors (Lipinski definition) is 1. The van der Waals surface area contributed by atoms with E-state index in [4.69, 9.17) is 5.73 Å². The van der Waals surface area contributed by atoms with E-state index in [0.717, 1.165) is 25.1 Å². The van der Waals surface area contributed by atoms with Gasteiger partial charge in [-0.05, 0) is 25.3 Å². The Bertz CT molecular complexity index is 337. The molecule has 1 unspecified atom stereocenters. The summed E-state index contributed by atoms with van der Waals surface area (Å²) in [6, 6.07) is 9.48. The zero-order valence-electron chi connectivity index (χ0n) is 10.7. The van der Waals surface area contributed by atoms with Crippen LogP contribution in [0.25, 0.3) is 0 Å². The predicted molar refractivity (Wildman–Crippen MR) is 70.7 cm³/mol. The van der Waals surface area contributed by atoms with Gasteiger partial charge in [0.25, 0.3) is 0 Å². The molecule has 0 aliphatic rings. The van der Waals surface area contributed by atoms with E-state index in [0.29, 0.717) is 6.42 Å². The van der Waals surface area contributed by atoms with Gasteiger partial charge in [-0.15, -0.1) is 0 Å². The molecule has 1 aromatic rings. The first-order valence-electron chi connectivity index (χ1n) is 6.27. The fraction of sp³-hybridized carbons (Fsp3) is 0.500. The third-order valence-electron chi connectivity index (χ3n) is 2.80. The fourth-order valence-corrected chi connectivity index (χ4v) is 1.88. The van der Waals surface area contributed by atoms with Crippen molar-refractivity contribution < 1.29 is 4.79 Å². The molecule has 0 radical (unpaired) electrons. The van der Waals surface area contributed by atoms with E-state index in [1.807, 2.05) is 42.2 Å². The van der Waals surface area contributed by atoms with Gasteiger partial charge in [-0.1, -0.05) is 37.3 Å². The lowest BCUT2D eigenvalue weighted by molar-refractivity contribution is -0.132. The molecule has 1 atom stereocenters. The normalized spacial score (nSPS) is 12.2. The van der Waals surface area contributed by atoms with Gasteiger partial charge in [-0.25, -0.2) is 0 Å². The summed E-state index contributed by atoms with van der Waals surface area (Å²) in [6.45, 7) is 5.58. The van der Waals surface area contributed by atoms with Crippen molar-refractivity contribution in [2.24, 2.45) is 5.73 Å². The second kappa shape index (κ2) is 7.07. The zero-order chi connectivity index (χ0) is 12.7. The molecule has 1 amide bonds. The molecule has 17 heavy (non-hydrogen) atoms. The molecular weight excluding hydrogens is 212 g/mol. The van der Waals surface area contributed by atoms with E-state index < -0.39 is 6.04 Å². The highest BCUT2D eigenvalue weighted by molar-refractivity contribution is 5.81. The van der Waals surface area contributed by atoms with E-state index in [1.165, 1.54) is 0 Å². The number of carbonyl (C=O) groups excluding carboxylic acids is 1. The Kier molecular flexibility index (Phi) is 5.70. The lowest BCUT2D eigenvalue weighted by atomic mass is 10.1. The summed E-state index contributed by atoms with van der Waals surface area (Å²) < 4.78 is 0. The van der Waals surface area contributed by atoms with Crippen molar-refractivity contribution in [3.05, 3.63) is 35.9 Å². The highest BCUT2D eigenvalue weighted by Crippen LogP contribution is 2.04. The van der Waals surface area contributed by atoms with Crippen molar-refractivity contribution in [1.82, 2.24) is 4.90 Å². The first-order chi connectivity index (χ1) is 8.19. The van der Waals surface area contributed by atoms with Gasteiger partial charge in [0.1, 0.15) is 0 Å². The van der Waals surface area contributed by atoms with E-state index >= 15 is 0 Å². The van der Waals surface area contributed by atoms with Crippen molar-refractivity contribution in [2.45, 2.75) is 32.7 Å². The number of carbonyl (C=O) groups is 1. The predicted octanol–water partition coefficient (Wildman–Crippen LogP) is 1.81. The van der Waals surface area contributed by atoms with Gasteiger partial charge in [0.15, 0.2) is 0 Å². The summed E-state index contributed by atoms with van der Waals surface area (Å²) in [6.07, 6.45) is 1.58. The van der Waals surface area contributed by atoms with Crippen molar-refractivity contribution in [2.75, 3.05) is 13.1 Å². The average Bonchev–Trinajstić information content (AvgIpc) is 2.36. The minimum Gasteiger partial charge on any atom is -0.342 e. The Morgan fingerprint density at radius 2 is 1.94 bits per heavy atom. The van der Waals surface area contributed by atoms with Crippen LogP contribution in [0.1, 0.15) is 25.8 Å². The van der Waals surface area contributed by atoms with Crippen molar-refractivity contribution in [3.8, 4) is 0 Å². The van der Waals surface area contributed by atoms with Crippen LogP contribution in [0.2, 0.25) is 0 Å². The van der Waals surface area contributed by atoms with Crippen LogP contribution in [0.15, 0.2) is 30.3 Å². The monoisotopic (exact) mass is 234 g/mol. The van der Waals surface area contributed by atoms with Crippen LogP contribution in [-0.2, 0) is 11.2 Å². The van der Waals surface area contributed by atoms with E-state index in [9.17, 15) is 4.79 Å². The summed E-state index contributed by atoms with van der Waals surface area (Å²) in [5.41, 5.74) is 7.08. The summed E-state index contributed by atoms with van der Waals surface area (Å²) in [4.78, 5) is 13.9. The second-order valence-corrected chi connectivity index (χ2v) is 4.21. The molecule has 1 aromatic carbocycles. The molecule has 0 spiro atoms. The van der Waals surface area contributed by atoms with Crippen LogP contribution in [0.3, 0.4) is 0 Å². The van der Waals surface area contributed by atoms with Crippen LogP contribution < -0.4 is 5.73 Å². The number of hydrogen-bond acceptors (Lipinski definition) is 2. The molecule has 0 aliphatic carbocycles. The molecule has 0 saturated carbocycles. The van der Waals surface area contributed by atoms with Crippen LogP contribution >= 0.6 is 0 Å². The highest BCUT2D eigenvalue weighted by Gasteiger charge is 2.19. The van der Waals surface area contributed by atoms with Gasteiger partial charge in [0.2, 0.25) is 5.91 Å². The summed E-state index contributed by atoms with van der Waals surface area (Å²) in [7, 11) is 0. The molecular formula is C14H22N2O. The number of nitrogens with zero attached hydrogens (tertiary/aromatic N) is 1. The van der Waals surface area contributed by atoms with Crippen molar-refractivity contribution >= 4 is 5.91 Å². The van der Waals surface area contributed by atoms with Gasteiger partial charge in [0, 0.05) is 13.1 Å². The standard InChI is InChI=1S/C14H22N2O/c1-3-10-16(4-2)14(17)13(15)11-12-8-6-5-7-9-12/h5-9,13H,3-4,10-11,15H2,1-2H3. The van der Waals surface area contributed by atoms with Crippen molar-refractivity contribution in [3.63, 3.8) is 0 Å². The molecule has 0 heterocycles. The van der Waals surface area contributed by atoms with Crippen LogP contribution in [0, 0.1) is 0 Å². The Balaban J connectivity index is 2.57. The lowest BCUT2D eigenvalue weighted by Gasteiger charge is -2.23. The topological polar surface area (TPSA) is 46.3 Å². The molecule has 0 saturated heterocycles. The van der Waals surface area contributed by atoms with E-state index in [1.54, 1.807) is 0 Å².